The van der Waals surface area contributed by atoms with E-state index in [0.717, 1.165) is 11.1 Å². The summed E-state index contributed by atoms with van der Waals surface area (Å²) >= 11 is 0. The summed E-state index contributed by atoms with van der Waals surface area (Å²) in [6.07, 6.45) is 0.925. The Labute approximate surface area is 189 Å². The maximum atomic E-state index is 12.6. The molecule has 0 bridgehead atoms. The van der Waals surface area contributed by atoms with Crippen LogP contribution in [0.2, 0.25) is 0 Å². The molecule has 0 aliphatic heterocycles. The standard InChI is InChI=1S/C26H30N2O4/c1-17(2)21-11-10-18(3)24(14-21)32-19(4)25(29)27-15-20-7-5-8-22(13-20)26(30)28-16-23-9-6-12-31-23/h5-14,17,19H,15-16H2,1-4H3,(H,27,29)(H,28,30). The number of carbonyl (C=O) groups is 2. The Morgan fingerprint density at radius 3 is 2.50 bits per heavy atom. The van der Waals surface area contributed by atoms with Gasteiger partial charge in [-0.15, -0.1) is 0 Å². The average Bonchev–Trinajstić information content (AvgIpc) is 3.31. The van der Waals surface area contributed by atoms with E-state index in [2.05, 4.69) is 30.5 Å². The molecule has 0 radical (unpaired) electrons. The molecule has 2 N–H and O–H groups in total. The third-order valence-electron chi connectivity index (χ3n) is 5.21. The molecule has 3 aromatic rings. The van der Waals surface area contributed by atoms with Crippen molar-refractivity contribution in [2.75, 3.05) is 0 Å². The maximum Gasteiger partial charge on any atom is 0.261 e. The van der Waals surface area contributed by atoms with E-state index in [4.69, 9.17) is 9.15 Å². The van der Waals surface area contributed by atoms with Crippen LogP contribution in [0.25, 0.3) is 0 Å². The molecule has 1 heterocycles. The van der Waals surface area contributed by atoms with Gasteiger partial charge in [0, 0.05) is 12.1 Å². The van der Waals surface area contributed by atoms with Gasteiger partial charge in [-0.05, 0) is 66.8 Å². The fourth-order valence-electron chi connectivity index (χ4n) is 3.18. The quantitative estimate of drug-likeness (QED) is 0.510. The van der Waals surface area contributed by atoms with E-state index in [1.54, 1.807) is 43.5 Å². The van der Waals surface area contributed by atoms with Crippen LogP contribution >= 0.6 is 0 Å². The first kappa shape index (κ1) is 23.1. The number of nitrogens with one attached hydrogen (secondary N) is 2. The van der Waals surface area contributed by atoms with Crippen LogP contribution in [0.1, 0.15) is 59.5 Å². The van der Waals surface area contributed by atoms with Crippen molar-refractivity contribution in [2.45, 2.75) is 52.8 Å². The Morgan fingerprint density at radius 2 is 1.78 bits per heavy atom. The summed E-state index contributed by atoms with van der Waals surface area (Å²) in [5, 5.41) is 5.70. The highest BCUT2D eigenvalue weighted by Gasteiger charge is 2.16. The van der Waals surface area contributed by atoms with Crippen molar-refractivity contribution in [3.05, 3.63) is 88.9 Å². The predicted molar refractivity (Wildman–Crippen MR) is 124 cm³/mol. The Morgan fingerprint density at radius 1 is 0.969 bits per heavy atom. The molecule has 0 aliphatic rings. The van der Waals surface area contributed by atoms with E-state index in [-0.39, 0.29) is 11.8 Å². The summed E-state index contributed by atoms with van der Waals surface area (Å²) in [6, 6.07) is 16.8. The Bertz CT molecular complexity index is 1060. The zero-order chi connectivity index (χ0) is 23.1. The number of aryl methyl sites for hydroxylation is 1. The summed E-state index contributed by atoms with van der Waals surface area (Å²) in [6.45, 7) is 8.56. The molecule has 1 aromatic heterocycles. The molecule has 2 amide bonds. The van der Waals surface area contributed by atoms with Gasteiger partial charge >= 0.3 is 0 Å². The minimum absolute atomic E-state index is 0.202. The van der Waals surface area contributed by atoms with E-state index in [0.29, 0.717) is 36.1 Å². The van der Waals surface area contributed by atoms with Crippen LogP contribution in [-0.2, 0) is 17.9 Å². The fraction of sp³-hybridized carbons (Fsp3) is 0.308. The molecule has 0 saturated heterocycles. The molecule has 0 spiro atoms. The fourth-order valence-corrected chi connectivity index (χ4v) is 3.18. The number of hydrogen-bond acceptors (Lipinski definition) is 4. The Balaban J connectivity index is 1.54. The van der Waals surface area contributed by atoms with Crippen LogP contribution in [0.5, 0.6) is 5.75 Å². The van der Waals surface area contributed by atoms with Gasteiger partial charge in [0.05, 0.1) is 12.8 Å². The average molecular weight is 435 g/mol. The zero-order valence-electron chi connectivity index (χ0n) is 19.0. The summed E-state index contributed by atoms with van der Waals surface area (Å²) in [5.41, 5.74) is 3.51. The number of amides is 2. The summed E-state index contributed by atoms with van der Waals surface area (Å²) < 4.78 is 11.2. The second-order valence-electron chi connectivity index (χ2n) is 8.12. The lowest BCUT2D eigenvalue weighted by molar-refractivity contribution is -0.127. The molecule has 1 atom stereocenters. The molecule has 32 heavy (non-hydrogen) atoms. The van der Waals surface area contributed by atoms with Crippen molar-refractivity contribution in [1.29, 1.82) is 0 Å². The van der Waals surface area contributed by atoms with Gasteiger partial charge in [0.25, 0.3) is 11.8 Å². The van der Waals surface area contributed by atoms with Crippen molar-refractivity contribution >= 4 is 11.8 Å². The van der Waals surface area contributed by atoms with Crippen molar-refractivity contribution < 1.29 is 18.7 Å². The molecule has 6 nitrogen and oxygen atoms in total. The van der Waals surface area contributed by atoms with Gasteiger partial charge < -0.3 is 19.8 Å². The number of carbonyl (C=O) groups excluding carboxylic acids is 2. The number of benzene rings is 2. The Hall–Kier alpha value is -3.54. The van der Waals surface area contributed by atoms with Gasteiger partial charge in [0.15, 0.2) is 6.10 Å². The number of ether oxygens (including phenoxy) is 1. The lowest BCUT2D eigenvalue weighted by Crippen LogP contribution is -2.36. The van der Waals surface area contributed by atoms with Crippen LogP contribution < -0.4 is 15.4 Å². The topological polar surface area (TPSA) is 80.6 Å². The van der Waals surface area contributed by atoms with E-state index in [1.165, 1.54) is 5.56 Å². The van der Waals surface area contributed by atoms with Gasteiger partial charge in [0.1, 0.15) is 11.5 Å². The van der Waals surface area contributed by atoms with Gasteiger partial charge in [-0.2, -0.15) is 0 Å². The van der Waals surface area contributed by atoms with Crippen molar-refractivity contribution in [3.63, 3.8) is 0 Å². The van der Waals surface area contributed by atoms with Crippen LogP contribution in [-0.4, -0.2) is 17.9 Å². The van der Waals surface area contributed by atoms with E-state index < -0.39 is 6.10 Å². The third-order valence-corrected chi connectivity index (χ3v) is 5.21. The van der Waals surface area contributed by atoms with Crippen LogP contribution in [0.4, 0.5) is 0 Å². The molecule has 3 rings (SSSR count). The second kappa shape index (κ2) is 10.7. The monoisotopic (exact) mass is 434 g/mol. The molecular weight excluding hydrogens is 404 g/mol. The Kier molecular flexibility index (Phi) is 7.71. The van der Waals surface area contributed by atoms with Crippen LogP contribution in [0.3, 0.4) is 0 Å². The zero-order valence-corrected chi connectivity index (χ0v) is 19.0. The summed E-state index contributed by atoms with van der Waals surface area (Å²) in [5.74, 6) is 1.36. The van der Waals surface area contributed by atoms with Gasteiger partial charge in [-0.25, -0.2) is 0 Å². The molecule has 1 unspecified atom stereocenters. The molecular formula is C26H30N2O4. The molecule has 0 fully saturated rings. The number of rotatable bonds is 9. The number of hydrogen-bond donors (Lipinski definition) is 2. The summed E-state index contributed by atoms with van der Waals surface area (Å²) in [7, 11) is 0. The van der Waals surface area contributed by atoms with E-state index in [1.807, 2.05) is 25.1 Å². The van der Waals surface area contributed by atoms with Gasteiger partial charge in [-0.1, -0.05) is 38.1 Å². The van der Waals surface area contributed by atoms with Crippen molar-refractivity contribution in [2.24, 2.45) is 0 Å². The molecule has 6 heteroatoms. The van der Waals surface area contributed by atoms with Gasteiger partial charge in [-0.3, -0.25) is 9.59 Å². The largest absolute Gasteiger partial charge is 0.481 e. The van der Waals surface area contributed by atoms with Gasteiger partial charge in [0.2, 0.25) is 0 Å². The lowest BCUT2D eigenvalue weighted by atomic mass is 10.0. The second-order valence-corrected chi connectivity index (χ2v) is 8.12. The SMILES string of the molecule is Cc1ccc(C(C)C)cc1OC(C)C(=O)NCc1cccc(C(=O)NCc2ccco2)c1. The highest BCUT2D eigenvalue weighted by atomic mass is 16.5. The first-order chi connectivity index (χ1) is 15.3. The normalized spacial score (nSPS) is 11.8. The molecule has 0 aliphatic carbocycles. The molecule has 168 valence electrons. The minimum atomic E-state index is -0.643. The van der Waals surface area contributed by atoms with E-state index >= 15 is 0 Å². The molecule has 2 aromatic carbocycles. The first-order valence-electron chi connectivity index (χ1n) is 10.8. The predicted octanol–water partition coefficient (Wildman–Crippen LogP) is 4.73. The van der Waals surface area contributed by atoms with Crippen molar-refractivity contribution in [3.8, 4) is 5.75 Å². The lowest BCUT2D eigenvalue weighted by Gasteiger charge is -2.18. The number of furan rings is 1. The smallest absolute Gasteiger partial charge is 0.261 e. The van der Waals surface area contributed by atoms with Crippen LogP contribution in [0, 0.1) is 6.92 Å². The summed E-state index contributed by atoms with van der Waals surface area (Å²) in [4.78, 5) is 25.0. The first-order valence-corrected chi connectivity index (χ1v) is 10.8. The minimum Gasteiger partial charge on any atom is -0.481 e. The highest BCUT2D eigenvalue weighted by Crippen LogP contribution is 2.25. The highest BCUT2D eigenvalue weighted by molar-refractivity contribution is 5.94. The maximum absolute atomic E-state index is 12.6. The van der Waals surface area contributed by atoms with Crippen molar-refractivity contribution in [1.82, 2.24) is 10.6 Å². The van der Waals surface area contributed by atoms with E-state index in [9.17, 15) is 9.59 Å². The third kappa shape index (κ3) is 6.23. The van der Waals surface area contributed by atoms with Crippen LogP contribution in [0.15, 0.2) is 65.3 Å². The molecule has 0 saturated carbocycles.